The van der Waals surface area contributed by atoms with Gasteiger partial charge in [-0.25, -0.2) is 4.98 Å². The van der Waals surface area contributed by atoms with Gasteiger partial charge >= 0.3 is 0 Å². The molecule has 5 nitrogen and oxygen atoms in total. The molecule has 0 fully saturated rings. The Kier molecular flexibility index (Phi) is 2.91. The number of nitrogens with one attached hydrogen (secondary N) is 1. The van der Waals surface area contributed by atoms with Gasteiger partial charge in [-0.05, 0) is 19.1 Å². The number of aromatic nitrogens is 2. The second-order valence-electron chi connectivity index (χ2n) is 3.68. The number of pyridine rings is 1. The van der Waals surface area contributed by atoms with E-state index in [9.17, 15) is 9.59 Å². The van der Waals surface area contributed by atoms with E-state index in [1.807, 2.05) is 6.92 Å². The number of hydrogen-bond donors (Lipinski definition) is 1. The topological polar surface area (TPSA) is 63.5 Å². The van der Waals surface area contributed by atoms with Crippen LogP contribution in [0, 0.1) is 0 Å². The second-order valence-corrected chi connectivity index (χ2v) is 3.68. The molecule has 5 heteroatoms. The Morgan fingerprint density at radius 2 is 2.18 bits per heavy atom. The molecule has 2 aromatic heterocycles. The molecular weight excluding hydrogens is 218 g/mol. The molecule has 1 amide bonds. The number of fused-ring (bicyclic) bond motifs is 1. The fourth-order valence-corrected chi connectivity index (χ4v) is 1.66. The summed E-state index contributed by atoms with van der Waals surface area (Å²) in [6, 6.07) is 5.22. The number of imidazole rings is 1. The molecule has 0 aliphatic heterocycles. The van der Waals surface area contributed by atoms with Gasteiger partial charge < -0.3 is 5.32 Å². The molecule has 0 atom stereocenters. The van der Waals surface area contributed by atoms with E-state index in [2.05, 4.69) is 10.3 Å². The summed E-state index contributed by atoms with van der Waals surface area (Å²) in [5, 5.41) is 2.67. The fourth-order valence-electron chi connectivity index (χ4n) is 1.66. The van der Waals surface area contributed by atoms with Crippen molar-refractivity contribution < 1.29 is 9.59 Å². The first kappa shape index (κ1) is 11.3. The zero-order valence-electron chi connectivity index (χ0n) is 9.73. The Balaban J connectivity index is 2.54. The number of carbonyl (C=O) groups excluding carboxylic acids is 2. The van der Waals surface area contributed by atoms with Crippen molar-refractivity contribution in [2.24, 2.45) is 0 Å². The predicted molar refractivity (Wildman–Crippen MR) is 63.2 cm³/mol. The van der Waals surface area contributed by atoms with E-state index in [-0.39, 0.29) is 11.7 Å². The Morgan fingerprint density at radius 1 is 1.41 bits per heavy atom. The Morgan fingerprint density at radius 3 is 2.82 bits per heavy atom. The number of Topliss-reactive ketones (excluding diaryl/α,β-unsaturated/α-hetero) is 1. The van der Waals surface area contributed by atoms with Crippen LogP contribution in [0.1, 0.15) is 34.8 Å². The minimum absolute atomic E-state index is 0.0598. The van der Waals surface area contributed by atoms with Crippen LogP contribution in [-0.2, 0) is 0 Å². The van der Waals surface area contributed by atoms with E-state index >= 15 is 0 Å². The van der Waals surface area contributed by atoms with Crippen molar-refractivity contribution in [3.8, 4) is 0 Å². The zero-order valence-corrected chi connectivity index (χ0v) is 9.73. The average molecular weight is 231 g/mol. The lowest BCUT2D eigenvalue weighted by molar-refractivity contribution is 0.0949. The van der Waals surface area contributed by atoms with Crippen LogP contribution >= 0.6 is 0 Å². The van der Waals surface area contributed by atoms with Crippen LogP contribution in [0.3, 0.4) is 0 Å². The Hall–Kier alpha value is -2.17. The van der Waals surface area contributed by atoms with Gasteiger partial charge in [0.05, 0.1) is 5.69 Å². The van der Waals surface area contributed by atoms with E-state index in [0.29, 0.717) is 23.6 Å². The monoisotopic (exact) mass is 231 g/mol. The maximum absolute atomic E-state index is 11.6. The molecule has 0 unspecified atom stereocenters. The third kappa shape index (κ3) is 2.04. The van der Waals surface area contributed by atoms with Crippen LogP contribution in [0.5, 0.6) is 0 Å². The quantitative estimate of drug-likeness (QED) is 0.809. The van der Waals surface area contributed by atoms with Crippen molar-refractivity contribution >= 4 is 17.3 Å². The van der Waals surface area contributed by atoms with Crippen molar-refractivity contribution in [3.63, 3.8) is 0 Å². The summed E-state index contributed by atoms with van der Waals surface area (Å²) in [6.45, 7) is 3.88. The van der Waals surface area contributed by atoms with Crippen molar-refractivity contribution in [3.05, 3.63) is 35.8 Å². The lowest BCUT2D eigenvalue weighted by Gasteiger charge is -1.99. The number of nitrogens with zero attached hydrogens (tertiary/aromatic N) is 2. The number of hydrogen-bond acceptors (Lipinski definition) is 3. The molecule has 88 valence electrons. The highest BCUT2D eigenvalue weighted by Gasteiger charge is 2.12. The predicted octanol–water partition coefficient (Wildman–Crippen LogP) is 1.29. The van der Waals surface area contributed by atoms with Crippen molar-refractivity contribution in [2.45, 2.75) is 13.8 Å². The van der Waals surface area contributed by atoms with Crippen molar-refractivity contribution in [2.75, 3.05) is 6.54 Å². The van der Waals surface area contributed by atoms with Crippen LogP contribution in [-0.4, -0.2) is 27.6 Å². The highest BCUT2D eigenvalue weighted by molar-refractivity contribution is 5.95. The van der Waals surface area contributed by atoms with Gasteiger partial charge in [0.2, 0.25) is 0 Å². The molecule has 1 N–H and O–H groups in total. The fraction of sp³-hybridized carbons (Fsp3) is 0.250. The van der Waals surface area contributed by atoms with Gasteiger partial charge in [0, 0.05) is 19.7 Å². The number of carbonyl (C=O) groups is 2. The van der Waals surface area contributed by atoms with Crippen LogP contribution < -0.4 is 5.32 Å². The maximum Gasteiger partial charge on any atom is 0.271 e. The van der Waals surface area contributed by atoms with Gasteiger partial charge in [0.15, 0.2) is 5.78 Å². The van der Waals surface area contributed by atoms with Crippen LogP contribution in [0.2, 0.25) is 0 Å². The van der Waals surface area contributed by atoms with E-state index < -0.39 is 0 Å². The number of amides is 1. The maximum atomic E-state index is 11.6. The standard InChI is InChI=1S/C12H13N3O2/c1-3-13-12(17)9-7-15-10(8(2)16)5-4-6-11(15)14-9/h4-7H,3H2,1-2H3,(H,13,17). The van der Waals surface area contributed by atoms with Gasteiger partial charge in [-0.1, -0.05) is 6.07 Å². The zero-order chi connectivity index (χ0) is 12.4. The molecular formula is C12H13N3O2. The smallest absolute Gasteiger partial charge is 0.271 e. The van der Waals surface area contributed by atoms with E-state index in [1.54, 1.807) is 28.8 Å². The molecule has 0 aliphatic rings. The Bertz CT molecular complexity index is 586. The average Bonchev–Trinajstić information content (AvgIpc) is 2.72. The lowest BCUT2D eigenvalue weighted by atomic mass is 10.3. The van der Waals surface area contributed by atoms with Crippen LogP contribution in [0.4, 0.5) is 0 Å². The summed E-state index contributed by atoms with van der Waals surface area (Å²) >= 11 is 0. The summed E-state index contributed by atoms with van der Waals surface area (Å²) < 4.78 is 1.63. The molecule has 0 radical (unpaired) electrons. The largest absolute Gasteiger partial charge is 0.351 e. The third-order valence-corrected chi connectivity index (χ3v) is 2.42. The minimum atomic E-state index is -0.231. The normalized spacial score (nSPS) is 10.5. The van der Waals surface area contributed by atoms with Gasteiger partial charge in [0.25, 0.3) is 5.91 Å². The first-order chi connectivity index (χ1) is 8.13. The highest BCUT2D eigenvalue weighted by Crippen LogP contribution is 2.09. The summed E-state index contributed by atoms with van der Waals surface area (Å²) in [6.07, 6.45) is 1.58. The van der Waals surface area contributed by atoms with Gasteiger partial charge in [0.1, 0.15) is 11.3 Å². The minimum Gasteiger partial charge on any atom is -0.351 e. The summed E-state index contributed by atoms with van der Waals surface area (Å²) in [5.74, 6) is -0.291. The van der Waals surface area contributed by atoms with E-state index in [0.717, 1.165) is 0 Å². The van der Waals surface area contributed by atoms with Crippen LogP contribution in [0.25, 0.3) is 5.65 Å². The summed E-state index contributed by atoms with van der Waals surface area (Å²) in [7, 11) is 0. The molecule has 0 spiro atoms. The number of ketones is 1. The third-order valence-electron chi connectivity index (χ3n) is 2.42. The lowest BCUT2D eigenvalue weighted by Crippen LogP contribution is -2.22. The molecule has 0 bridgehead atoms. The molecule has 2 rings (SSSR count). The number of rotatable bonds is 3. The van der Waals surface area contributed by atoms with Crippen molar-refractivity contribution in [1.82, 2.24) is 14.7 Å². The molecule has 0 aliphatic carbocycles. The van der Waals surface area contributed by atoms with Gasteiger partial charge in [-0.3, -0.25) is 14.0 Å². The molecule has 0 saturated heterocycles. The first-order valence-electron chi connectivity index (χ1n) is 5.40. The van der Waals surface area contributed by atoms with E-state index in [4.69, 9.17) is 0 Å². The van der Waals surface area contributed by atoms with Gasteiger partial charge in [-0.2, -0.15) is 0 Å². The highest BCUT2D eigenvalue weighted by atomic mass is 16.2. The van der Waals surface area contributed by atoms with Crippen LogP contribution in [0.15, 0.2) is 24.4 Å². The molecule has 0 aromatic carbocycles. The van der Waals surface area contributed by atoms with Crippen molar-refractivity contribution in [1.29, 1.82) is 0 Å². The Labute approximate surface area is 98.5 Å². The molecule has 2 heterocycles. The molecule has 2 aromatic rings. The summed E-state index contributed by atoms with van der Waals surface area (Å²) in [5.41, 5.74) is 1.44. The summed E-state index contributed by atoms with van der Waals surface area (Å²) in [4.78, 5) is 27.2. The SMILES string of the molecule is CCNC(=O)c1cn2c(C(C)=O)cccc2n1. The van der Waals surface area contributed by atoms with E-state index in [1.165, 1.54) is 6.92 Å². The molecule has 0 saturated carbocycles. The van der Waals surface area contributed by atoms with Gasteiger partial charge in [-0.15, -0.1) is 0 Å². The second kappa shape index (κ2) is 4.37. The molecule has 17 heavy (non-hydrogen) atoms. The first-order valence-corrected chi connectivity index (χ1v) is 5.40.